The normalized spacial score (nSPS) is 17.9. The summed E-state index contributed by atoms with van der Waals surface area (Å²) in [4.78, 5) is 0. The van der Waals surface area contributed by atoms with E-state index in [4.69, 9.17) is 4.74 Å². The number of hydrogen-bond donors (Lipinski definition) is 1. The summed E-state index contributed by atoms with van der Waals surface area (Å²) in [5, 5.41) is 3.66. The zero-order valence-electron chi connectivity index (χ0n) is 13.0. The first-order valence-corrected chi connectivity index (χ1v) is 8.29. The molecule has 1 saturated carbocycles. The fourth-order valence-electron chi connectivity index (χ4n) is 3.30. The quantitative estimate of drug-likeness (QED) is 0.778. The maximum absolute atomic E-state index is 5.53. The van der Waals surface area contributed by atoms with E-state index < -0.39 is 0 Å². The van der Waals surface area contributed by atoms with Gasteiger partial charge in [0.15, 0.2) is 0 Å². The molecule has 0 aliphatic heterocycles. The van der Waals surface area contributed by atoms with Gasteiger partial charge in [0, 0.05) is 6.04 Å². The van der Waals surface area contributed by atoms with Crippen LogP contribution in [0.1, 0.15) is 64.0 Å². The SMILES string of the molecule is CCNC(CC1CCCCC1)c1ccc(OCC)cc1. The fraction of sp³-hybridized carbons (Fsp3) is 0.667. The Hall–Kier alpha value is -1.02. The molecule has 1 fully saturated rings. The molecule has 1 unspecified atom stereocenters. The lowest BCUT2D eigenvalue weighted by Gasteiger charge is -2.27. The molecule has 0 spiro atoms. The molecule has 1 N–H and O–H groups in total. The lowest BCUT2D eigenvalue weighted by Crippen LogP contribution is -2.24. The van der Waals surface area contributed by atoms with Crippen molar-refractivity contribution in [2.75, 3.05) is 13.2 Å². The van der Waals surface area contributed by atoms with E-state index in [-0.39, 0.29) is 0 Å². The largest absolute Gasteiger partial charge is 0.494 e. The van der Waals surface area contributed by atoms with Crippen molar-refractivity contribution in [1.82, 2.24) is 5.32 Å². The van der Waals surface area contributed by atoms with Gasteiger partial charge < -0.3 is 10.1 Å². The number of nitrogens with one attached hydrogen (secondary N) is 1. The van der Waals surface area contributed by atoms with E-state index in [1.165, 1.54) is 44.1 Å². The molecular weight excluding hydrogens is 246 g/mol. The van der Waals surface area contributed by atoms with Crippen molar-refractivity contribution in [3.63, 3.8) is 0 Å². The van der Waals surface area contributed by atoms with E-state index in [9.17, 15) is 0 Å². The summed E-state index contributed by atoms with van der Waals surface area (Å²) in [6, 6.07) is 9.15. The van der Waals surface area contributed by atoms with Gasteiger partial charge in [-0.25, -0.2) is 0 Å². The van der Waals surface area contributed by atoms with Crippen LogP contribution < -0.4 is 10.1 Å². The maximum atomic E-state index is 5.53. The highest BCUT2D eigenvalue weighted by atomic mass is 16.5. The summed E-state index contributed by atoms with van der Waals surface area (Å²) in [7, 11) is 0. The Morgan fingerprint density at radius 2 is 1.80 bits per heavy atom. The predicted molar refractivity (Wildman–Crippen MR) is 85.2 cm³/mol. The molecule has 0 radical (unpaired) electrons. The summed E-state index contributed by atoms with van der Waals surface area (Å²) < 4.78 is 5.53. The Labute approximate surface area is 123 Å². The summed E-state index contributed by atoms with van der Waals surface area (Å²) in [5.74, 6) is 1.88. The van der Waals surface area contributed by atoms with Crippen LogP contribution in [0.3, 0.4) is 0 Å². The van der Waals surface area contributed by atoms with Crippen LogP contribution >= 0.6 is 0 Å². The maximum Gasteiger partial charge on any atom is 0.119 e. The second kappa shape index (κ2) is 8.31. The fourth-order valence-corrected chi connectivity index (χ4v) is 3.30. The van der Waals surface area contributed by atoms with Gasteiger partial charge >= 0.3 is 0 Å². The van der Waals surface area contributed by atoms with Crippen molar-refractivity contribution < 1.29 is 4.74 Å². The van der Waals surface area contributed by atoms with Gasteiger partial charge in [0.25, 0.3) is 0 Å². The lowest BCUT2D eigenvalue weighted by atomic mass is 9.83. The highest BCUT2D eigenvalue weighted by molar-refractivity contribution is 5.29. The van der Waals surface area contributed by atoms with Crippen LogP contribution in [0.25, 0.3) is 0 Å². The average Bonchev–Trinajstić information content (AvgIpc) is 2.49. The highest BCUT2D eigenvalue weighted by Crippen LogP contribution is 2.32. The summed E-state index contributed by atoms with van der Waals surface area (Å²) in [6.45, 7) is 5.99. The molecule has 112 valence electrons. The second-order valence-corrected chi connectivity index (χ2v) is 5.85. The Bertz CT molecular complexity index is 368. The van der Waals surface area contributed by atoms with Gasteiger partial charge in [-0.1, -0.05) is 51.2 Å². The zero-order valence-corrected chi connectivity index (χ0v) is 13.0. The van der Waals surface area contributed by atoms with Crippen LogP contribution in [0, 0.1) is 5.92 Å². The molecule has 1 aliphatic rings. The Morgan fingerprint density at radius 1 is 1.10 bits per heavy atom. The van der Waals surface area contributed by atoms with E-state index >= 15 is 0 Å². The Balaban J connectivity index is 1.98. The predicted octanol–water partition coefficient (Wildman–Crippen LogP) is 4.71. The van der Waals surface area contributed by atoms with E-state index in [0.29, 0.717) is 6.04 Å². The zero-order chi connectivity index (χ0) is 14.2. The molecule has 20 heavy (non-hydrogen) atoms. The van der Waals surface area contributed by atoms with Crippen LogP contribution in [0.15, 0.2) is 24.3 Å². The minimum absolute atomic E-state index is 0.499. The van der Waals surface area contributed by atoms with Crippen molar-refractivity contribution in [2.24, 2.45) is 5.92 Å². The lowest BCUT2D eigenvalue weighted by molar-refractivity contribution is 0.301. The highest BCUT2D eigenvalue weighted by Gasteiger charge is 2.19. The van der Waals surface area contributed by atoms with E-state index in [1.54, 1.807) is 0 Å². The first-order valence-electron chi connectivity index (χ1n) is 8.29. The third-order valence-corrected chi connectivity index (χ3v) is 4.34. The molecule has 1 aromatic carbocycles. The molecule has 2 nitrogen and oxygen atoms in total. The topological polar surface area (TPSA) is 21.3 Å². The van der Waals surface area contributed by atoms with Gasteiger partial charge in [0.2, 0.25) is 0 Å². The molecule has 1 atom stereocenters. The molecule has 2 heteroatoms. The first kappa shape index (κ1) is 15.4. The monoisotopic (exact) mass is 275 g/mol. The standard InChI is InChI=1S/C18H29NO/c1-3-19-18(14-15-8-6-5-7-9-15)16-10-12-17(13-11-16)20-4-2/h10-13,15,18-19H,3-9,14H2,1-2H3. The molecule has 0 saturated heterocycles. The number of benzene rings is 1. The van der Waals surface area contributed by atoms with Crippen molar-refractivity contribution in [1.29, 1.82) is 0 Å². The Kier molecular flexibility index (Phi) is 6.38. The van der Waals surface area contributed by atoms with E-state index in [1.807, 2.05) is 6.92 Å². The van der Waals surface area contributed by atoms with Gasteiger partial charge in [-0.05, 0) is 43.5 Å². The van der Waals surface area contributed by atoms with Gasteiger partial charge in [-0.3, -0.25) is 0 Å². The van der Waals surface area contributed by atoms with Crippen molar-refractivity contribution in [3.05, 3.63) is 29.8 Å². The molecule has 2 rings (SSSR count). The van der Waals surface area contributed by atoms with Crippen molar-refractivity contribution >= 4 is 0 Å². The number of rotatable bonds is 7. The number of hydrogen-bond acceptors (Lipinski definition) is 2. The van der Waals surface area contributed by atoms with Gasteiger partial charge in [-0.2, -0.15) is 0 Å². The van der Waals surface area contributed by atoms with Crippen LogP contribution in [-0.4, -0.2) is 13.2 Å². The van der Waals surface area contributed by atoms with Gasteiger partial charge in [0.05, 0.1) is 6.61 Å². The molecule has 1 aromatic rings. The second-order valence-electron chi connectivity index (χ2n) is 5.85. The third kappa shape index (κ3) is 4.52. The van der Waals surface area contributed by atoms with Crippen LogP contribution in [0.5, 0.6) is 5.75 Å². The smallest absolute Gasteiger partial charge is 0.119 e. The third-order valence-electron chi connectivity index (χ3n) is 4.34. The minimum atomic E-state index is 0.499. The summed E-state index contributed by atoms with van der Waals surface area (Å²) in [6.07, 6.45) is 8.39. The first-order chi connectivity index (χ1) is 9.83. The van der Waals surface area contributed by atoms with Crippen molar-refractivity contribution in [2.45, 2.75) is 58.4 Å². The van der Waals surface area contributed by atoms with Crippen molar-refractivity contribution in [3.8, 4) is 5.75 Å². The van der Waals surface area contributed by atoms with Crippen LogP contribution in [0.4, 0.5) is 0 Å². The van der Waals surface area contributed by atoms with Gasteiger partial charge in [-0.15, -0.1) is 0 Å². The van der Waals surface area contributed by atoms with Crippen LogP contribution in [0.2, 0.25) is 0 Å². The molecule has 0 bridgehead atoms. The molecular formula is C18H29NO. The van der Waals surface area contributed by atoms with Crippen LogP contribution in [-0.2, 0) is 0 Å². The molecule has 1 aliphatic carbocycles. The molecule has 0 amide bonds. The minimum Gasteiger partial charge on any atom is -0.494 e. The summed E-state index contributed by atoms with van der Waals surface area (Å²) >= 11 is 0. The average molecular weight is 275 g/mol. The molecule has 0 heterocycles. The Morgan fingerprint density at radius 3 is 2.40 bits per heavy atom. The number of ether oxygens (including phenoxy) is 1. The summed E-state index contributed by atoms with van der Waals surface area (Å²) in [5.41, 5.74) is 1.40. The van der Waals surface area contributed by atoms with Gasteiger partial charge in [0.1, 0.15) is 5.75 Å². The van der Waals surface area contributed by atoms with E-state index in [0.717, 1.165) is 24.8 Å². The molecule has 0 aromatic heterocycles. The van der Waals surface area contributed by atoms with E-state index in [2.05, 4.69) is 36.5 Å².